The molecule has 0 aromatic carbocycles. The lowest BCUT2D eigenvalue weighted by atomic mass is 9.92. The summed E-state index contributed by atoms with van der Waals surface area (Å²) in [7, 11) is 0. The highest BCUT2D eigenvalue weighted by molar-refractivity contribution is 5.66. The van der Waals surface area contributed by atoms with Gasteiger partial charge in [0.15, 0.2) is 0 Å². The van der Waals surface area contributed by atoms with Gasteiger partial charge in [-0.3, -0.25) is 4.79 Å². The molecule has 2 rings (SSSR count). The van der Waals surface area contributed by atoms with Crippen LogP contribution in [0.2, 0.25) is 0 Å². The van der Waals surface area contributed by atoms with Gasteiger partial charge in [-0.05, 0) is 44.6 Å². The van der Waals surface area contributed by atoms with Crippen LogP contribution in [0.25, 0.3) is 0 Å². The Kier molecular flexibility index (Phi) is 4.22. The van der Waals surface area contributed by atoms with Gasteiger partial charge in [-0.1, -0.05) is 12.8 Å². The topological polar surface area (TPSA) is 40.5 Å². The lowest BCUT2D eigenvalue weighted by molar-refractivity contribution is -0.137. The van der Waals surface area contributed by atoms with Crippen LogP contribution in [0.1, 0.15) is 51.4 Å². The zero-order valence-electron chi connectivity index (χ0n) is 10.0. The molecule has 1 aliphatic heterocycles. The van der Waals surface area contributed by atoms with Crippen LogP contribution in [-0.2, 0) is 4.79 Å². The minimum absolute atomic E-state index is 0.350. The maximum atomic E-state index is 10.6. The number of nitrogens with zero attached hydrogens (tertiary/aromatic N) is 1. The highest BCUT2D eigenvalue weighted by atomic mass is 16.4. The molecule has 92 valence electrons. The molecule has 3 heteroatoms. The number of carbonyl (C=O) groups is 1. The first-order valence-corrected chi connectivity index (χ1v) is 6.71. The van der Waals surface area contributed by atoms with Gasteiger partial charge in [-0.2, -0.15) is 0 Å². The molecule has 16 heavy (non-hydrogen) atoms. The van der Waals surface area contributed by atoms with Gasteiger partial charge in [0, 0.05) is 19.0 Å². The minimum Gasteiger partial charge on any atom is -0.481 e. The van der Waals surface area contributed by atoms with Gasteiger partial charge in [0.05, 0.1) is 0 Å². The largest absolute Gasteiger partial charge is 0.481 e. The fourth-order valence-electron chi connectivity index (χ4n) is 3.26. The van der Waals surface area contributed by atoms with Crippen LogP contribution in [0.4, 0.5) is 0 Å². The summed E-state index contributed by atoms with van der Waals surface area (Å²) in [5.41, 5.74) is 0. The molecule has 2 aliphatic rings. The average Bonchev–Trinajstić information content (AvgIpc) is 2.80. The van der Waals surface area contributed by atoms with Crippen LogP contribution in [0.5, 0.6) is 0 Å². The molecule has 1 saturated heterocycles. The van der Waals surface area contributed by atoms with Gasteiger partial charge in [-0.15, -0.1) is 0 Å². The Balaban J connectivity index is 1.76. The number of likely N-dealkylation sites (tertiary alicyclic amines) is 1. The number of hydrogen-bond acceptors (Lipinski definition) is 2. The number of piperidine rings is 1. The molecule has 1 saturated carbocycles. The van der Waals surface area contributed by atoms with Crippen molar-refractivity contribution in [3.05, 3.63) is 0 Å². The lowest BCUT2D eigenvalue weighted by Gasteiger charge is -2.36. The maximum absolute atomic E-state index is 10.6. The van der Waals surface area contributed by atoms with E-state index in [0.717, 1.165) is 19.0 Å². The molecular formula is C13H23NO2. The van der Waals surface area contributed by atoms with Crippen molar-refractivity contribution in [2.45, 2.75) is 57.4 Å². The monoisotopic (exact) mass is 225 g/mol. The molecule has 1 atom stereocenters. The standard InChI is InChI=1S/C13H23NO2/c15-13(16)8-7-11-4-3-9-14(10-11)12-5-1-2-6-12/h11-12H,1-10H2,(H,15,16). The quantitative estimate of drug-likeness (QED) is 0.799. The number of hydrogen-bond donors (Lipinski definition) is 1. The van der Waals surface area contributed by atoms with Crippen molar-refractivity contribution >= 4 is 5.97 Å². The number of rotatable bonds is 4. The molecule has 2 fully saturated rings. The Bertz CT molecular complexity index is 236. The van der Waals surface area contributed by atoms with Gasteiger partial charge in [0.25, 0.3) is 0 Å². The second-order valence-corrected chi connectivity index (χ2v) is 5.37. The molecule has 0 aromatic rings. The second kappa shape index (κ2) is 5.67. The SMILES string of the molecule is O=C(O)CCC1CCCN(C2CCCC2)C1. The summed E-state index contributed by atoms with van der Waals surface area (Å²) in [5, 5.41) is 8.71. The van der Waals surface area contributed by atoms with Crippen molar-refractivity contribution in [2.24, 2.45) is 5.92 Å². The second-order valence-electron chi connectivity index (χ2n) is 5.37. The molecular weight excluding hydrogens is 202 g/mol. The first kappa shape index (κ1) is 11.9. The van der Waals surface area contributed by atoms with Crippen LogP contribution < -0.4 is 0 Å². The molecule has 0 bridgehead atoms. The summed E-state index contributed by atoms with van der Waals surface area (Å²) in [6, 6.07) is 0.813. The van der Waals surface area contributed by atoms with Gasteiger partial charge in [0.1, 0.15) is 0 Å². The molecule has 1 heterocycles. The predicted molar refractivity (Wildman–Crippen MR) is 63.4 cm³/mol. The van der Waals surface area contributed by atoms with E-state index in [1.807, 2.05) is 0 Å². The molecule has 0 radical (unpaired) electrons. The van der Waals surface area contributed by atoms with Crippen LogP contribution in [0.15, 0.2) is 0 Å². The van der Waals surface area contributed by atoms with E-state index in [9.17, 15) is 4.79 Å². The van der Waals surface area contributed by atoms with E-state index in [2.05, 4.69) is 4.90 Å². The Morgan fingerprint density at radius 1 is 1.19 bits per heavy atom. The van der Waals surface area contributed by atoms with Gasteiger partial charge in [0.2, 0.25) is 0 Å². The fraction of sp³-hybridized carbons (Fsp3) is 0.923. The Morgan fingerprint density at radius 3 is 2.62 bits per heavy atom. The first-order valence-electron chi connectivity index (χ1n) is 6.71. The van der Waals surface area contributed by atoms with Crippen molar-refractivity contribution in [2.75, 3.05) is 13.1 Å². The summed E-state index contributed by atoms with van der Waals surface area (Å²) in [6.07, 6.45) is 9.23. The number of carboxylic acids is 1. The fourth-order valence-corrected chi connectivity index (χ4v) is 3.26. The number of aliphatic carboxylic acids is 1. The predicted octanol–water partition coefficient (Wildman–Crippen LogP) is 2.51. The third-order valence-corrected chi connectivity index (χ3v) is 4.16. The summed E-state index contributed by atoms with van der Waals surface area (Å²) >= 11 is 0. The van der Waals surface area contributed by atoms with Crippen LogP contribution in [0, 0.1) is 5.92 Å². The summed E-state index contributed by atoms with van der Waals surface area (Å²) in [5.74, 6) is -0.0107. The molecule has 3 nitrogen and oxygen atoms in total. The van der Waals surface area contributed by atoms with Crippen molar-refractivity contribution < 1.29 is 9.90 Å². The van der Waals surface area contributed by atoms with Crippen LogP contribution >= 0.6 is 0 Å². The first-order chi connectivity index (χ1) is 7.75. The third kappa shape index (κ3) is 3.21. The van der Waals surface area contributed by atoms with Gasteiger partial charge >= 0.3 is 5.97 Å². The molecule has 0 amide bonds. The normalized spacial score (nSPS) is 28.4. The minimum atomic E-state index is -0.641. The van der Waals surface area contributed by atoms with E-state index in [4.69, 9.17) is 5.11 Å². The van der Waals surface area contributed by atoms with Crippen molar-refractivity contribution in [1.82, 2.24) is 4.90 Å². The van der Waals surface area contributed by atoms with E-state index in [0.29, 0.717) is 12.3 Å². The molecule has 1 N–H and O–H groups in total. The molecule has 1 unspecified atom stereocenters. The highest BCUT2D eigenvalue weighted by Crippen LogP contribution is 2.29. The van der Waals surface area contributed by atoms with Crippen molar-refractivity contribution in [3.63, 3.8) is 0 Å². The van der Waals surface area contributed by atoms with Gasteiger partial charge < -0.3 is 10.0 Å². The Morgan fingerprint density at radius 2 is 1.94 bits per heavy atom. The van der Waals surface area contributed by atoms with Crippen molar-refractivity contribution in [1.29, 1.82) is 0 Å². The maximum Gasteiger partial charge on any atom is 0.303 e. The zero-order valence-corrected chi connectivity index (χ0v) is 10.0. The van der Waals surface area contributed by atoms with E-state index in [1.165, 1.54) is 45.1 Å². The van der Waals surface area contributed by atoms with Crippen LogP contribution in [0.3, 0.4) is 0 Å². The average molecular weight is 225 g/mol. The molecule has 1 aliphatic carbocycles. The Labute approximate surface area is 97.8 Å². The van der Waals surface area contributed by atoms with E-state index < -0.39 is 5.97 Å². The third-order valence-electron chi connectivity index (χ3n) is 4.16. The smallest absolute Gasteiger partial charge is 0.303 e. The summed E-state index contributed by atoms with van der Waals surface area (Å²) in [6.45, 7) is 2.40. The lowest BCUT2D eigenvalue weighted by Crippen LogP contribution is -2.41. The number of carboxylic acid groups (broad SMARTS) is 1. The Hall–Kier alpha value is -0.570. The van der Waals surface area contributed by atoms with Crippen molar-refractivity contribution in [3.8, 4) is 0 Å². The summed E-state index contributed by atoms with van der Waals surface area (Å²) < 4.78 is 0. The van der Waals surface area contributed by atoms with E-state index in [-0.39, 0.29) is 0 Å². The van der Waals surface area contributed by atoms with E-state index >= 15 is 0 Å². The summed E-state index contributed by atoms with van der Waals surface area (Å²) in [4.78, 5) is 13.2. The van der Waals surface area contributed by atoms with Crippen LogP contribution in [-0.4, -0.2) is 35.1 Å². The highest BCUT2D eigenvalue weighted by Gasteiger charge is 2.27. The van der Waals surface area contributed by atoms with E-state index in [1.54, 1.807) is 0 Å². The molecule has 0 spiro atoms. The van der Waals surface area contributed by atoms with Gasteiger partial charge in [-0.25, -0.2) is 0 Å². The zero-order chi connectivity index (χ0) is 11.4. The molecule has 0 aromatic heterocycles.